The van der Waals surface area contributed by atoms with Crippen molar-refractivity contribution in [3.05, 3.63) is 0 Å². The van der Waals surface area contributed by atoms with Crippen molar-refractivity contribution in [2.24, 2.45) is 0 Å². The lowest BCUT2D eigenvalue weighted by atomic mass is 10.1. The summed E-state index contributed by atoms with van der Waals surface area (Å²) in [7, 11) is 0. The molecule has 0 fully saturated rings. The maximum absolute atomic E-state index is 9.37. The van der Waals surface area contributed by atoms with Crippen molar-refractivity contribution in [3.8, 4) is 0 Å². The van der Waals surface area contributed by atoms with Gasteiger partial charge in [0.2, 0.25) is 3.79 Å². The Morgan fingerprint density at radius 2 is 1.69 bits per heavy atom. The smallest absolute Gasteiger partial charge is 0.217 e. The van der Waals surface area contributed by atoms with Crippen LogP contribution in [0.15, 0.2) is 0 Å². The molecule has 5 heteroatoms. The van der Waals surface area contributed by atoms with E-state index in [1.165, 1.54) is 0 Å². The first-order chi connectivity index (χ1) is 5.91. The highest BCUT2D eigenvalue weighted by Gasteiger charge is 2.30. The van der Waals surface area contributed by atoms with E-state index in [9.17, 15) is 5.11 Å². The van der Waals surface area contributed by atoms with Gasteiger partial charge in [0.1, 0.15) is 6.10 Å². The fraction of sp³-hybridized carbons (Fsp3) is 1.00. The Kier molecular flexibility index (Phi) is 6.69. The standard InChI is InChI=1S/C8H16Cl3NO/c1-3-6(4-2)12-5-7(13)8(9,10)11/h6-7,12-13H,3-5H2,1-2H3. The summed E-state index contributed by atoms with van der Waals surface area (Å²) in [5.74, 6) is 0. The monoisotopic (exact) mass is 247 g/mol. The largest absolute Gasteiger partial charge is 0.387 e. The number of hydrogen-bond acceptors (Lipinski definition) is 2. The number of hydrogen-bond donors (Lipinski definition) is 2. The molecule has 0 spiro atoms. The van der Waals surface area contributed by atoms with E-state index in [1.807, 2.05) is 0 Å². The van der Waals surface area contributed by atoms with Crippen molar-refractivity contribution < 1.29 is 5.11 Å². The first kappa shape index (κ1) is 13.8. The van der Waals surface area contributed by atoms with E-state index in [4.69, 9.17) is 34.8 Å². The summed E-state index contributed by atoms with van der Waals surface area (Å²) < 4.78 is -1.60. The van der Waals surface area contributed by atoms with Crippen LogP contribution in [-0.2, 0) is 0 Å². The number of halogens is 3. The molecular formula is C8H16Cl3NO. The topological polar surface area (TPSA) is 32.3 Å². The molecule has 0 saturated heterocycles. The molecule has 80 valence electrons. The summed E-state index contributed by atoms with van der Waals surface area (Å²) in [6.07, 6.45) is 1.05. The van der Waals surface area contributed by atoms with Crippen molar-refractivity contribution in [1.82, 2.24) is 5.32 Å². The lowest BCUT2D eigenvalue weighted by molar-refractivity contribution is 0.170. The van der Waals surface area contributed by atoms with Crippen molar-refractivity contribution in [1.29, 1.82) is 0 Å². The maximum atomic E-state index is 9.37. The summed E-state index contributed by atoms with van der Waals surface area (Å²) in [6, 6.07) is 0.377. The highest BCUT2D eigenvalue weighted by molar-refractivity contribution is 6.68. The van der Waals surface area contributed by atoms with Crippen LogP contribution in [-0.4, -0.2) is 27.6 Å². The molecule has 0 aliphatic carbocycles. The van der Waals surface area contributed by atoms with Crippen LogP contribution in [0.3, 0.4) is 0 Å². The van der Waals surface area contributed by atoms with Gasteiger partial charge < -0.3 is 10.4 Å². The Morgan fingerprint density at radius 1 is 1.23 bits per heavy atom. The third-order valence-electron chi connectivity index (χ3n) is 1.96. The summed E-state index contributed by atoms with van der Waals surface area (Å²) in [6.45, 7) is 4.45. The van der Waals surface area contributed by atoms with E-state index in [-0.39, 0.29) is 0 Å². The van der Waals surface area contributed by atoms with Gasteiger partial charge in [0.05, 0.1) is 0 Å². The zero-order valence-corrected chi connectivity index (χ0v) is 10.1. The Morgan fingerprint density at radius 3 is 2.00 bits per heavy atom. The Hall–Kier alpha value is 0.790. The first-order valence-electron chi connectivity index (χ1n) is 4.40. The number of aliphatic hydroxyl groups excluding tert-OH is 1. The predicted octanol–water partition coefficient (Wildman–Crippen LogP) is 2.50. The van der Waals surface area contributed by atoms with Gasteiger partial charge in [-0.15, -0.1) is 0 Å². The number of rotatable bonds is 5. The van der Waals surface area contributed by atoms with Crippen molar-refractivity contribution >= 4 is 34.8 Å². The normalized spacial score (nSPS) is 15.0. The molecule has 0 saturated carbocycles. The molecule has 0 rings (SSSR count). The van der Waals surface area contributed by atoms with E-state index in [0.29, 0.717) is 12.6 Å². The molecule has 2 N–H and O–H groups in total. The average molecular weight is 249 g/mol. The first-order valence-corrected chi connectivity index (χ1v) is 5.53. The van der Waals surface area contributed by atoms with Crippen LogP contribution < -0.4 is 5.32 Å². The molecule has 13 heavy (non-hydrogen) atoms. The number of aliphatic hydroxyl groups is 1. The lowest BCUT2D eigenvalue weighted by Crippen LogP contribution is -2.40. The molecule has 0 aromatic carbocycles. The highest BCUT2D eigenvalue weighted by atomic mass is 35.6. The lowest BCUT2D eigenvalue weighted by Gasteiger charge is -2.22. The maximum Gasteiger partial charge on any atom is 0.217 e. The molecule has 1 unspecified atom stereocenters. The minimum absolute atomic E-state index is 0.308. The van der Waals surface area contributed by atoms with Crippen LogP contribution in [0.25, 0.3) is 0 Å². The molecule has 0 aliphatic rings. The second-order valence-electron chi connectivity index (χ2n) is 2.98. The molecule has 0 heterocycles. The minimum atomic E-state index is -1.60. The van der Waals surface area contributed by atoms with Crippen LogP contribution in [0.2, 0.25) is 0 Å². The van der Waals surface area contributed by atoms with Crippen LogP contribution >= 0.6 is 34.8 Å². The highest BCUT2D eigenvalue weighted by Crippen LogP contribution is 2.29. The molecule has 0 bridgehead atoms. The fourth-order valence-corrected chi connectivity index (χ4v) is 1.20. The molecule has 0 aromatic heterocycles. The van der Waals surface area contributed by atoms with Gasteiger partial charge in [0.15, 0.2) is 0 Å². The van der Waals surface area contributed by atoms with Gasteiger partial charge in [0.25, 0.3) is 0 Å². The fourth-order valence-electron chi connectivity index (χ4n) is 0.971. The second kappa shape index (κ2) is 6.31. The second-order valence-corrected chi connectivity index (χ2v) is 5.35. The van der Waals surface area contributed by atoms with Crippen LogP contribution in [0, 0.1) is 0 Å². The van der Waals surface area contributed by atoms with Crippen molar-refractivity contribution in [3.63, 3.8) is 0 Å². The molecule has 0 aliphatic heterocycles. The number of nitrogens with one attached hydrogen (secondary N) is 1. The molecular weight excluding hydrogens is 232 g/mol. The van der Waals surface area contributed by atoms with Crippen LogP contribution in [0.1, 0.15) is 26.7 Å². The van der Waals surface area contributed by atoms with E-state index >= 15 is 0 Å². The Labute approximate surface area is 94.5 Å². The number of alkyl halides is 3. The molecule has 2 nitrogen and oxygen atoms in total. The van der Waals surface area contributed by atoms with Gasteiger partial charge in [-0.1, -0.05) is 48.7 Å². The van der Waals surface area contributed by atoms with Gasteiger partial charge in [-0.05, 0) is 12.8 Å². The van der Waals surface area contributed by atoms with Gasteiger partial charge in [0, 0.05) is 12.6 Å². The van der Waals surface area contributed by atoms with Gasteiger partial charge in [-0.25, -0.2) is 0 Å². The summed E-state index contributed by atoms with van der Waals surface area (Å²) in [5.41, 5.74) is 0. The van der Waals surface area contributed by atoms with Gasteiger partial charge in [-0.3, -0.25) is 0 Å². The van der Waals surface area contributed by atoms with Crippen LogP contribution in [0.4, 0.5) is 0 Å². The third-order valence-corrected chi connectivity index (χ3v) is 2.72. The van der Waals surface area contributed by atoms with Crippen LogP contribution in [0.5, 0.6) is 0 Å². The van der Waals surface area contributed by atoms with E-state index in [0.717, 1.165) is 12.8 Å². The summed E-state index contributed by atoms with van der Waals surface area (Å²) in [4.78, 5) is 0. The van der Waals surface area contributed by atoms with E-state index < -0.39 is 9.90 Å². The van der Waals surface area contributed by atoms with Gasteiger partial charge >= 0.3 is 0 Å². The third kappa shape index (κ3) is 5.97. The van der Waals surface area contributed by atoms with Crippen molar-refractivity contribution in [2.45, 2.75) is 42.6 Å². The average Bonchev–Trinajstić information content (AvgIpc) is 2.04. The molecule has 0 aromatic rings. The zero-order valence-electron chi connectivity index (χ0n) is 7.86. The van der Waals surface area contributed by atoms with Crippen molar-refractivity contribution in [2.75, 3.05) is 6.54 Å². The molecule has 0 radical (unpaired) electrons. The predicted molar refractivity (Wildman–Crippen MR) is 58.7 cm³/mol. The van der Waals surface area contributed by atoms with E-state index in [2.05, 4.69) is 19.2 Å². The SMILES string of the molecule is CCC(CC)NCC(O)C(Cl)(Cl)Cl. The Balaban J connectivity index is 3.75. The minimum Gasteiger partial charge on any atom is -0.387 e. The zero-order chi connectivity index (χ0) is 10.5. The van der Waals surface area contributed by atoms with Gasteiger partial charge in [-0.2, -0.15) is 0 Å². The summed E-state index contributed by atoms with van der Waals surface area (Å²) >= 11 is 16.5. The summed E-state index contributed by atoms with van der Waals surface area (Å²) in [5, 5.41) is 12.5. The molecule has 1 atom stereocenters. The van der Waals surface area contributed by atoms with E-state index in [1.54, 1.807) is 0 Å². The Bertz CT molecular complexity index is 134. The molecule has 0 amide bonds. The quantitative estimate of drug-likeness (QED) is 0.733.